The largest absolute Gasteiger partial charge is 0.464 e. The number of aromatic amines is 1. The van der Waals surface area contributed by atoms with Crippen molar-refractivity contribution in [2.45, 2.75) is 6.10 Å². The normalized spacial score (nSPS) is 12.1. The van der Waals surface area contributed by atoms with Crippen molar-refractivity contribution < 1.29 is 14.6 Å². The molecule has 0 fully saturated rings. The molecule has 2 aromatic rings. The Morgan fingerprint density at radius 1 is 1.29 bits per heavy atom. The Morgan fingerprint density at radius 2 is 2.00 bits per heavy atom. The smallest absolute Gasteiger partial charge is 0.354 e. The standard InChI is InChI=1S/C13H13NO3/c1-17-13(16)11-7-10(8-14-11)12(15)9-5-3-2-4-6-9/h2-8,12,14-15H,1H3. The summed E-state index contributed by atoms with van der Waals surface area (Å²) in [5.41, 5.74) is 1.75. The fourth-order valence-electron chi connectivity index (χ4n) is 1.62. The monoisotopic (exact) mass is 231 g/mol. The maximum absolute atomic E-state index is 11.3. The van der Waals surface area contributed by atoms with Crippen LogP contribution in [0, 0.1) is 0 Å². The molecule has 0 radical (unpaired) electrons. The summed E-state index contributed by atoms with van der Waals surface area (Å²) in [6, 6.07) is 10.8. The zero-order chi connectivity index (χ0) is 12.3. The second kappa shape index (κ2) is 4.84. The van der Waals surface area contributed by atoms with Gasteiger partial charge in [0.1, 0.15) is 11.8 Å². The van der Waals surface area contributed by atoms with E-state index in [2.05, 4.69) is 9.72 Å². The molecule has 1 aromatic heterocycles. The fraction of sp³-hybridized carbons (Fsp3) is 0.154. The van der Waals surface area contributed by atoms with E-state index in [0.717, 1.165) is 5.56 Å². The summed E-state index contributed by atoms with van der Waals surface area (Å²) < 4.78 is 4.58. The Balaban J connectivity index is 2.23. The van der Waals surface area contributed by atoms with Crippen LogP contribution in [0.5, 0.6) is 0 Å². The highest BCUT2D eigenvalue weighted by atomic mass is 16.5. The van der Waals surface area contributed by atoms with Crippen molar-refractivity contribution in [2.24, 2.45) is 0 Å². The van der Waals surface area contributed by atoms with Crippen LogP contribution in [0.1, 0.15) is 27.7 Å². The first-order valence-electron chi connectivity index (χ1n) is 5.22. The minimum absolute atomic E-state index is 0.331. The number of H-pyrrole nitrogens is 1. The summed E-state index contributed by atoms with van der Waals surface area (Å²) in [6.07, 6.45) is 0.857. The van der Waals surface area contributed by atoms with Crippen molar-refractivity contribution in [1.29, 1.82) is 0 Å². The number of aliphatic hydroxyl groups is 1. The van der Waals surface area contributed by atoms with Gasteiger partial charge in [0.15, 0.2) is 0 Å². The number of aromatic nitrogens is 1. The molecule has 0 amide bonds. The first-order valence-corrected chi connectivity index (χ1v) is 5.22. The SMILES string of the molecule is COC(=O)c1cc(C(O)c2ccccc2)c[nH]1. The molecule has 4 nitrogen and oxygen atoms in total. The lowest BCUT2D eigenvalue weighted by Crippen LogP contribution is -2.01. The van der Waals surface area contributed by atoms with E-state index >= 15 is 0 Å². The Morgan fingerprint density at radius 3 is 2.65 bits per heavy atom. The van der Waals surface area contributed by atoms with Gasteiger partial charge in [0.05, 0.1) is 7.11 Å². The molecule has 1 unspecified atom stereocenters. The Bertz CT molecular complexity index is 504. The van der Waals surface area contributed by atoms with E-state index in [9.17, 15) is 9.90 Å². The number of carbonyl (C=O) groups is 1. The van der Waals surface area contributed by atoms with Crippen LogP contribution in [0.25, 0.3) is 0 Å². The van der Waals surface area contributed by atoms with E-state index in [1.54, 1.807) is 12.3 Å². The minimum Gasteiger partial charge on any atom is -0.464 e. The summed E-state index contributed by atoms with van der Waals surface area (Å²) in [4.78, 5) is 14.0. The molecular weight excluding hydrogens is 218 g/mol. The molecule has 2 rings (SSSR count). The van der Waals surface area contributed by atoms with Crippen molar-refractivity contribution in [3.05, 3.63) is 59.4 Å². The third-order valence-electron chi connectivity index (χ3n) is 2.54. The Labute approximate surface area is 98.9 Å². The lowest BCUT2D eigenvalue weighted by Gasteiger charge is -2.08. The molecule has 1 heterocycles. The minimum atomic E-state index is -0.745. The summed E-state index contributed by atoms with van der Waals surface area (Å²) >= 11 is 0. The predicted octanol–water partition coefficient (Wildman–Crippen LogP) is 1.88. The van der Waals surface area contributed by atoms with Crippen molar-refractivity contribution in [2.75, 3.05) is 7.11 Å². The van der Waals surface area contributed by atoms with Gasteiger partial charge in [-0.05, 0) is 11.6 Å². The number of hydrogen-bond acceptors (Lipinski definition) is 3. The second-order valence-electron chi connectivity index (χ2n) is 3.65. The number of carbonyl (C=O) groups excluding carboxylic acids is 1. The zero-order valence-electron chi connectivity index (χ0n) is 9.38. The molecule has 17 heavy (non-hydrogen) atoms. The molecule has 4 heteroatoms. The lowest BCUT2D eigenvalue weighted by atomic mass is 10.0. The van der Waals surface area contributed by atoms with Crippen LogP contribution in [0.3, 0.4) is 0 Å². The van der Waals surface area contributed by atoms with Crippen LogP contribution in [-0.2, 0) is 4.74 Å². The Hall–Kier alpha value is -2.07. The number of ether oxygens (including phenoxy) is 1. The van der Waals surface area contributed by atoms with E-state index in [1.807, 2.05) is 30.3 Å². The average Bonchev–Trinajstić information content (AvgIpc) is 2.87. The van der Waals surface area contributed by atoms with Gasteiger partial charge >= 0.3 is 5.97 Å². The summed E-state index contributed by atoms with van der Waals surface area (Å²) in [5, 5.41) is 10.1. The number of nitrogens with one attached hydrogen (secondary N) is 1. The van der Waals surface area contributed by atoms with E-state index in [0.29, 0.717) is 11.3 Å². The number of aliphatic hydroxyl groups excluding tert-OH is 1. The van der Waals surface area contributed by atoms with Gasteiger partial charge in [0.25, 0.3) is 0 Å². The molecule has 0 spiro atoms. The molecular formula is C13H13NO3. The molecule has 0 aliphatic heterocycles. The van der Waals surface area contributed by atoms with Crippen LogP contribution in [0.2, 0.25) is 0 Å². The second-order valence-corrected chi connectivity index (χ2v) is 3.65. The molecule has 0 aliphatic rings. The van der Waals surface area contributed by atoms with Gasteiger partial charge in [-0.25, -0.2) is 4.79 Å². The number of hydrogen-bond donors (Lipinski definition) is 2. The van der Waals surface area contributed by atoms with Crippen LogP contribution in [-0.4, -0.2) is 23.2 Å². The van der Waals surface area contributed by atoms with Crippen LogP contribution in [0.15, 0.2) is 42.6 Å². The van der Waals surface area contributed by atoms with Crippen molar-refractivity contribution >= 4 is 5.97 Å². The van der Waals surface area contributed by atoms with Crippen molar-refractivity contribution in [3.8, 4) is 0 Å². The maximum atomic E-state index is 11.3. The fourth-order valence-corrected chi connectivity index (χ4v) is 1.62. The van der Waals surface area contributed by atoms with Gasteiger partial charge in [-0.1, -0.05) is 30.3 Å². The summed E-state index contributed by atoms with van der Waals surface area (Å²) in [5.74, 6) is -0.448. The molecule has 1 atom stereocenters. The third-order valence-corrected chi connectivity index (χ3v) is 2.54. The van der Waals surface area contributed by atoms with Gasteiger partial charge in [0.2, 0.25) is 0 Å². The van der Waals surface area contributed by atoms with Crippen molar-refractivity contribution in [3.63, 3.8) is 0 Å². The number of rotatable bonds is 3. The Kier molecular flexibility index (Phi) is 3.25. The average molecular weight is 231 g/mol. The first-order chi connectivity index (χ1) is 8.22. The van der Waals surface area contributed by atoms with E-state index in [4.69, 9.17) is 0 Å². The van der Waals surface area contributed by atoms with Crippen LogP contribution < -0.4 is 0 Å². The van der Waals surface area contributed by atoms with Crippen molar-refractivity contribution in [1.82, 2.24) is 4.98 Å². The third kappa shape index (κ3) is 2.37. The quantitative estimate of drug-likeness (QED) is 0.793. The van der Waals surface area contributed by atoms with E-state index < -0.39 is 12.1 Å². The van der Waals surface area contributed by atoms with Gasteiger partial charge in [-0.3, -0.25) is 0 Å². The predicted molar refractivity (Wildman–Crippen MR) is 62.6 cm³/mol. The topological polar surface area (TPSA) is 62.3 Å². The first kappa shape index (κ1) is 11.4. The lowest BCUT2D eigenvalue weighted by molar-refractivity contribution is 0.0595. The molecule has 0 aliphatic carbocycles. The highest BCUT2D eigenvalue weighted by Gasteiger charge is 2.14. The van der Waals surface area contributed by atoms with Gasteiger partial charge in [0, 0.05) is 11.8 Å². The number of methoxy groups -OCH3 is 1. The molecule has 0 saturated carbocycles. The van der Waals surface area contributed by atoms with E-state index in [-0.39, 0.29) is 0 Å². The van der Waals surface area contributed by atoms with Gasteiger partial charge in [-0.15, -0.1) is 0 Å². The highest BCUT2D eigenvalue weighted by molar-refractivity contribution is 5.87. The summed E-state index contributed by atoms with van der Waals surface area (Å²) in [7, 11) is 1.32. The van der Waals surface area contributed by atoms with Crippen LogP contribution >= 0.6 is 0 Å². The number of benzene rings is 1. The molecule has 1 aromatic carbocycles. The highest BCUT2D eigenvalue weighted by Crippen LogP contribution is 2.22. The zero-order valence-corrected chi connectivity index (χ0v) is 9.38. The van der Waals surface area contributed by atoms with Gasteiger partial charge in [-0.2, -0.15) is 0 Å². The summed E-state index contributed by atoms with van der Waals surface area (Å²) in [6.45, 7) is 0. The molecule has 0 bridgehead atoms. The molecule has 0 saturated heterocycles. The number of esters is 1. The van der Waals surface area contributed by atoms with E-state index in [1.165, 1.54) is 7.11 Å². The molecule has 88 valence electrons. The maximum Gasteiger partial charge on any atom is 0.354 e. The van der Waals surface area contributed by atoms with Gasteiger partial charge < -0.3 is 14.8 Å². The molecule has 2 N–H and O–H groups in total. The van der Waals surface area contributed by atoms with Crippen LogP contribution in [0.4, 0.5) is 0 Å².